The molecule has 1 aliphatic heterocycles. The van der Waals surface area contributed by atoms with E-state index >= 15 is 0 Å². The maximum absolute atomic E-state index is 2.47. The molecule has 0 bridgehead atoms. The Kier molecular flexibility index (Phi) is 4.70. The van der Waals surface area contributed by atoms with Crippen LogP contribution in [0.2, 0.25) is 0 Å². The summed E-state index contributed by atoms with van der Waals surface area (Å²) in [6, 6.07) is 44.2. The Bertz CT molecular complexity index is 1570. The number of fused-ring (bicyclic) bond motifs is 5. The van der Waals surface area contributed by atoms with Crippen molar-refractivity contribution in [2.24, 2.45) is 0 Å². The van der Waals surface area contributed by atoms with Gasteiger partial charge in [-0.2, -0.15) is 0 Å². The van der Waals surface area contributed by atoms with Crippen LogP contribution in [0.5, 0.6) is 0 Å². The van der Waals surface area contributed by atoms with Gasteiger partial charge in [0.2, 0.25) is 0 Å². The highest BCUT2D eigenvalue weighted by atomic mass is 15.1. The van der Waals surface area contributed by atoms with Crippen molar-refractivity contribution in [1.82, 2.24) is 4.57 Å². The van der Waals surface area contributed by atoms with Crippen LogP contribution >= 0.6 is 0 Å². The maximum Gasteiger partial charge on any atom is 0.0494 e. The molecule has 0 atom stereocenters. The summed E-state index contributed by atoms with van der Waals surface area (Å²) in [6.07, 6.45) is 1.00. The van der Waals surface area contributed by atoms with Crippen molar-refractivity contribution in [2.45, 2.75) is 19.5 Å². The minimum Gasteiger partial charge on any atom is -0.337 e. The van der Waals surface area contributed by atoms with Crippen LogP contribution in [-0.2, 0) is 19.5 Å². The van der Waals surface area contributed by atoms with Gasteiger partial charge >= 0.3 is 0 Å². The lowest BCUT2D eigenvalue weighted by Gasteiger charge is -2.33. The summed E-state index contributed by atoms with van der Waals surface area (Å²) < 4.78 is 2.44. The second kappa shape index (κ2) is 8.18. The van der Waals surface area contributed by atoms with Gasteiger partial charge in [-0.25, -0.2) is 0 Å². The lowest BCUT2D eigenvalue weighted by molar-refractivity contribution is 0.865. The minimum atomic E-state index is 0.865. The molecule has 5 aromatic carbocycles. The fraction of sp³-hybridized carbons (Fsp3) is 0.0909. The van der Waals surface area contributed by atoms with E-state index in [0.29, 0.717) is 0 Å². The standard InChI is InChI=1S/C33H26N2/c1-5-13-30-26(9-1)21-27-10-2-6-14-31(27)34(30)22-24-17-19-25(20-18-24)23-35-32-15-7-3-11-28(32)29-12-4-8-16-33(29)35/h1-20H,21-23H2. The Balaban J connectivity index is 1.21. The summed E-state index contributed by atoms with van der Waals surface area (Å²) >= 11 is 0. The monoisotopic (exact) mass is 450 g/mol. The first-order valence-electron chi connectivity index (χ1n) is 12.3. The average Bonchev–Trinajstić information content (AvgIpc) is 3.23. The molecule has 0 saturated carbocycles. The molecule has 0 fully saturated rings. The number of hydrogen-bond donors (Lipinski definition) is 0. The number of anilines is 2. The third-order valence-electron chi connectivity index (χ3n) is 7.33. The summed E-state index contributed by atoms with van der Waals surface area (Å²) in [6.45, 7) is 1.73. The molecule has 0 unspecified atom stereocenters. The molecule has 1 aromatic heterocycles. The second-order valence-electron chi connectivity index (χ2n) is 9.46. The number of nitrogens with zero attached hydrogens (tertiary/aromatic N) is 2. The van der Waals surface area contributed by atoms with Gasteiger partial charge in [-0.15, -0.1) is 0 Å². The molecule has 2 heterocycles. The molecule has 0 saturated heterocycles. The second-order valence-corrected chi connectivity index (χ2v) is 9.46. The number of rotatable bonds is 4. The summed E-state index contributed by atoms with van der Waals surface area (Å²) in [5.41, 5.74) is 10.7. The quantitative estimate of drug-likeness (QED) is 0.263. The van der Waals surface area contributed by atoms with Crippen LogP contribution in [0.15, 0.2) is 121 Å². The first kappa shape index (κ1) is 20.1. The summed E-state index contributed by atoms with van der Waals surface area (Å²) in [5.74, 6) is 0. The number of para-hydroxylation sites is 4. The van der Waals surface area contributed by atoms with E-state index in [9.17, 15) is 0 Å². The van der Waals surface area contributed by atoms with Crippen molar-refractivity contribution in [3.63, 3.8) is 0 Å². The molecule has 1 aliphatic rings. The minimum absolute atomic E-state index is 0.865. The molecule has 0 amide bonds. The smallest absolute Gasteiger partial charge is 0.0494 e. The van der Waals surface area contributed by atoms with E-state index in [4.69, 9.17) is 0 Å². The van der Waals surface area contributed by atoms with Crippen molar-refractivity contribution in [3.8, 4) is 0 Å². The molecule has 2 heteroatoms. The Morgan fingerprint density at radius 2 is 0.914 bits per heavy atom. The summed E-state index contributed by atoms with van der Waals surface area (Å²) in [4.78, 5) is 2.47. The molecule has 168 valence electrons. The predicted molar refractivity (Wildman–Crippen MR) is 147 cm³/mol. The van der Waals surface area contributed by atoms with Crippen molar-refractivity contribution in [1.29, 1.82) is 0 Å². The SMILES string of the molecule is c1ccc2c(c1)Cc1ccccc1N2Cc1ccc(Cn2c3ccccc3c3ccccc32)cc1. The fourth-order valence-electron chi connectivity index (χ4n) is 5.64. The van der Waals surface area contributed by atoms with Gasteiger partial charge < -0.3 is 9.47 Å². The van der Waals surface area contributed by atoms with Crippen LogP contribution < -0.4 is 4.90 Å². The van der Waals surface area contributed by atoms with E-state index in [2.05, 4.69) is 131 Å². The zero-order valence-corrected chi connectivity index (χ0v) is 19.6. The highest BCUT2D eigenvalue weighted by molar-refractivity contribution is 6.08. The molecule has 0 N–H and O–H groups in total. The normalized spacial score (nSPS) is 12.6. The van der Waals surface area contributed by atoms with Crippen molar-refractivity contribution in [3.05, 3.63) is 144 Å². The Morgan fingerprint density at radius 3 is 1.49 bits per heavy atom. The van der Waals surface area contributed by atoms with E-state index in [-0.39, 0.29) is 0 Å². The van der Waals surface area contributed by atoms with E-state index in [1.54, 1.807) is 0 Å². The molecule has 0 radical (unpaired) electrons. The third kappa shape index (κ3) is 3.41. The fourth-order valence-corrected chi connectivity index (χ4v) is 5.64. The van der Waals surface area contributed by atoms with Gasteiger partial charge in [-0.3, -0.25) is 0 Å². The first-order chi connectivity index (χ1) is 17.3. The molecule has 0 aliphatic carbocycles. The lowest BCUT2D eigenvalue weighted by atomic mass is 9.95. The van der Waals surface area contributed by atoms with Gasteiger partial charge in [0, 0.05) is 52.7 Å². The lowest BCUT2D eigenvalue weighted by Crippen LogP contribution is -2.22. The van der Waals surface area contributed by atoms with Gasteiger partial charge in [-0.1, -0.05) is 97.1 Å². The Morgan fingerprint density at radius 1 is 0.457 bits per heavy atom. The molecular formula is C33H26N2. The molecule has 7 rings (SSSR count). The van der Waals surface area contributed by atoms with Crippen LogP contribution in [0, 0.1) is 0 Å². The van der Waals surface area contributed by atoms with Gasteiger partial charge in [0.1, 0.15) is 0 Å². The van der Waals surface area contributed by atoms with Gasteiger partial charge in [0.05, 0.1) is 0 Å². The van der Waals surface area contributed by atoms with Gasteiger partial charge in [0.15, 0.2) is 0 Å². The first-order valence-corrected chi connectivity index (χ1v) is 12.3. The highest BCUT2D eigenvalue weighted by Gasteiger charge is 2.22. The number of hydrogen-bond acceptors (Lipinski definition) is 1. The van der Waals surface area contributed by atoms with Gasteiger partial charge in [0.25, 0.3) is 0 Å². The number of aromatic nitrogens is 1. The summed E-state index contributed by atoms with van der Waals surface area (Å²) in [5, 5.41) is 2.64. The van der Waals surface area contributed by atoms with E-state index < -0.39 is 0 Å². The maximum atomic E-state index is 2.47. The molecule has 35 heavy (non-hydrogen) atoms. The van der Waals surface area contributed by atoms with Crippen LogP contribution in [0.25, 0.3) is 21.8 Å². The third-order valence-corrected chi connectivity index (χ3v) is 7.33. The highest BCUT2D eigenvalue weighted by Crippen LogP contribution is 2.39. The van der Waals surface area contributed by atoms with E-state index in [1.807, 2.05) is 0 Å². The topological polar surface area (TPSA) is 8.17 Å². The molecular weight excluding hydrogens is 424 g/mol. The van der Waals surface area contributed by atoms with Crippen molar-refractivity contribution >= 4 is 33.2 Å². The Labute approximate surface area is 205 Å². The molecule has 0 spiro atoms. The van der Waals surface area contributed by atoms with Crippen molar-refractivity contribution in [2.75, 3.05) is 4.90 Å². The van der Waals surface area contributed by atoms with Crippen molar-refractivity contribution < 1.29 is 0 Å². The zero-order valence-electron chi connectivity index (χ0n) is 19.6. The largest absolute Gasteiger partial charge is 0.337 e. The van der Waals surface area contributed by atoms with E-state index in [1.165, 1.54) is 55.4 Å². The average molecular weight is 451 g/mol. The zero-order chi connectivity index (χ0) is 23.2. The van der Waals surface area contributed by atoms with Gasteiger partial charge in [-0.05, 0) is 46.5 Å². The Hall–Kier alpha value is -4.30. The van der Waals surface area contributed by atoms with Crippen LogP contribution in [0.1, 0.15) is 22.3 Å². The van der Waals surface area contributed by atoms with E-state index in [0.717, 1.165) is 19.5 Å². The van der Waals surface area contributed by atoms with Crippen LogP contribution in [0.4, 0.5) is 11.4 Å². The number of benzene rings is 5. The predicted octanol–water partition coefficient (Wildman–Crippen LogP) is 8.09. The van der Waals surface area contributed by atoms with Crippen LogP contribution in [-0.4, -0.2) is 4.57 Å². The molecule has 6 aromatic rings. The summed E-state index contributed by atoms with van der Waals surface area (Å²) in [7, 11) is 0. The molecule has 2 nitrogen and oxygen atoms in total. The van der Waals surface area contributed by atoms with Crippen LogP contribution in [0.3, 0.4) is 0 Å².